The molecule has 1 aromatic rings. The molecule has 0 amide bonds. The van der Waals surface area contributed by atoms with Crippen molar-refractivity contribution >= 4 is 0 Å². The van der Waals surface area contributed by atoms with Crippen LogP contribution in [0.5, 0.6) is 0 Å². The molecule has 90 valence electrons. The topological polar surface area (TPSA) is 43.8 Å². The highest BCUT2D eigenvalue weighted by Gasteiger charge is 2.27. The van der Waals surface area contributed by atoms with Gasteiger partial charge in [-0.25, -0.2) is 4.98 Å². The van der Waals surface area contributed by atoms with Gasteiger partial charge in [0.25, 0.3) is 0 Å². The first-order valence-electron chi connectivity index (χ1n) is 6.27. The lowest BCUT2D eigenvalue weighted by atomic mass is 9.75. The van der Waals surface area contributed by atoms with Crippen molar-refractivity contribution in [1.82, 2.24) is 9.55 Å². The van der Waals surface area contributed by atoms with Crippen molar-refractivity contribution in [3.8, 4) is 0 Å². The fourth-order valence-electron chi connectivity index (χ4n) is 2.47. The monoisotopic (exact) mass is 221 g/mol. The predicted molar refractivity (Wildman–Crippen MR) is 66.1 cm³/mol. The quantitative estimate of drug-likeness (QED) is 0.834. The summed E-state index contributed by atoms with van der Waals surface area (Å²) in [5.74, 6) is 0. The lowest BCUT2D eigenvalue weighted by molar-refractivity contribution is 0.193. The molecule has 1 aliphatic rings. The van der Waals surface area contributed by atoms with E-state index in [1.54, 1.807) is 0 Å². The minimum atomic E-state index is 0.0429. The Labute approximate surface area is 98.1 Å². The molecule has 1 aromatic heterocycles. The Morgan fingerprint density at radius 2 is 2.06 bits per heavy atom. The van der Waals surface area contributed by atoms with E-state index < -0.39 is 0 Å². The standard InChI is InChI=1S/C13H23N3/c1-10(14)12-8-16(9-15-12)11-4-6-13(2,3)7-5-11/h8-11H,4-7,14H2,1-3H3/t10-/m0/s1. The number of nitrogens with two attached hydrogens (primary N) is 1. The number of rotatable bonds is 2. The summed E-state index contributed by atoms with van der Waals surface area (Å²) in [6.45, 7) is 6.71. The van der Waals surface area contributed by atoms with Gasteiger partial charge in [-0.15, -0.1) is 0 Å². The van der Waals surface area contributed by atoms with Crippen LogP contribution in [0.15, 0.2) is 12.5 Å². The van der Waals surface area contributed by atoms with Crippen LogP contribution in [0.2, 0.25) is 0 Å². The second-order valence-corrected chi connectivity index (χ2v) is 5.93. The Hall–Kier alpha value is -0.830. The molecule has 1 saturated carbocycles. The molecule has 3 heteroatoms. The Morgan fingerprint density at radius 1 is 1.44 bits per heavy atom. The fourth-order valence-corrected chi connectivity index (χ4v) is 2.47. The molecule has 1 atom stereocenters. The maximum Gasteiger partial charge on any atom is 0.0952 e. The molecule has 0 unspecified atom stereocenters. The molecular formula is C13H23N3. The predicted octanol–water partition coefficient (Wildman–Crippen LogP) is 3.04. The fraction of sp³-hybridized carbons (Fsp3) is 0.769. The van der Waals surface area contributed by atoms with Crippen molar-refractivity contribution in [2.75, 3.05) is 0 Å². The molecule has 2 N–H and O–H groups in total. The molecule has 1 aliphatic carbocycles. The normalized spacial score (nSPS) is 23.2. The van der Waals surface area contributed by atoms with Gasteiger partial charge in [0.1, 0.15) is 0 Å². The van der Waals surface area contributed by atoms with Crippen molar-refractivity contribution in [3.05, 3.63) is 18.2 Å². The number of aromatic nitrogens is 2. The van der Waals surface area contributed by atoms with Gasteiger partial charge in [-0.1, -0.05) is 13.8 Å². The van der Waals surface area contributed by atoms with Gasteiger partial charge in [0, 0.05) is 18.3 Å². The second-order valence-electron chi connectivity index (χ2n) is 5.93. The first kappa shape index (κ1) is 11.6. The zero-order valence-corrected chi connectivity index (χ0v) is 10.6. The van der Waals surface area contributed by atoms with Crippen LogP contribution in [-0.2, 0) is 0 Å². The summed E-state index contributed by atoms with van der Waals surface area (Å²) >= 11 is 0. The van der Waals surface area contributed by atoms with E-state index >= 15 is 0 Å². The summed E-state index contributed by atoms with van der Waals surface area (Å²) in [5, 5.41) is 0. The van der Waals surface area contributed by atoms with E-state index in [2.05, 4.69) is 29.6 Å². The van der Waals surface area contributed by atoms with Crippen LogP contribution in [0, 0.1) is 5.41 Å². The van der Waals surface area contributed by atoms with Crippen molar-refractivity contribution in [1.29, 1.82) is 0 Å². The second kappa shape index (κ2) is 4.21. The molecule has 0 aromatic carbocycles. The minimum absolute atomic E-state index is 0.0429. The van der Waals surface area contributed by atoms with Gasteiger partial charge in [-0.05, 0) is 38.0 Å². The molecule has 3 nitrogen and oxygen atoms in total. The van der Waals surface area contributed by atoms with Crippen molar-refractivity contribution < 1.29 is 0 Å². The highest BCUT2D eigenvalue weighted by molar-refractivity contribution is 5.03. The van der Waals surface area contributed by atoms with Crippen LogP contribution in [0.4, 0.5) is 0 Å². The largest absolute Gasteiger partial charge is 0.334 e. The third kappa shape index (κ3) is 2.46. The Morgan fingerprint density at radius 3 is 2.56 bits per heavy atom. The zero-order chi connectivity index (χ0) is 11.8. The van der Waals surface area contributed by atoms with Crippen molar-refractivity contribution in [2.24, 2.45) is 11.1 Å². The van der Waals surface area contributed by atoms with Gasteiger partial charge < -0.3 is 10.3 Å². The van der Waals surface area contributed by atoms with Crippen molar-refractivity contribution in [2.45, 2.75) is 58.5 Å². The van der Waals surface area contributed by atoms with Crippen LogP contribution >= 0.6 is 0 Å². The molecule has 0 aliphatic heterocycles. The van der Waals surface area contributed by atoms with Crippen LogP contribution < -0.4 is 5.73 Å². The Balaban J connectivity index is 2.03. The van der Waals surface area contributed by atoms with Gasteiger partial charge in [-0.3, -0.25) is 0 Å². The number of hydrogen-bond donors (Lipinski definition) is 1. The van der Waals surface area contributed by atoms with E-state index in [0.29, 0.717) is 11.5 Å². The molecular weight excluding hydrogens is 198 g/mol. The van der Waals surface area contributed by atoms with E-state index in [4.69, 9.17) is 5.73 Å². The summed E-state index contributed by atoms with van der Waals surface area (Å²) in [4.78, 5) is 4.37. The molecule has 0 bridgehead atoms. The highest BCUT2D eigenvalue weighted by atomic mass is 15.1. The Bertz CT molecular complexity index is 342. The maximum absolute atomic E-state index is 5.82. The summed E-state index contributed by atoms with van der Waals surface area (Å²) < 4.78 is 2.26. The van der Waals surface area contributed by atoms with Gasteiger partial charge in [0.05, 0.1) is 12.0 Å². The van der Waals surface area contributed by atoms with Gasteiger partial charge in [0.15, 0.2) is 0 Å². The summed E-state index contributed by atoms with van der Waals surface area (Å²) in [6, 6.07) is 0.675. The third-order valence-electron chi connectivity index (χ3n) is 3.82. The van der Waals surface area contributed by atoms with Gasteiger partial charge in [-0.2, -0.15) is 0 Å². The average Bonchev–Trinajstić information content (AvgIpc) is 2.66. The summed E-state index contributed by atoms with van der Waals surface area (Å²) in [5.41, 5.74) is 7.36. The third-order valence-corrected chi connectivity index (χ3v) is 3.82. The highest BCUT2D eigenvalue weighted by Crippen LogP contribution is 2.40. The first-order chi connectivity index (χ1) is 7.48. The zero-order valence-electron chi connectivity index (χ0n) is 10.6. The SMILES string of the molecule is C[C@H](N)c1cn(C2CCC(C)(C)CC2)cn1. The molecule has 0 radical (unpaired) electrons. The lowest BCUT2D eigenvalue weighted by Gasteiger charge is -2.34. The van der Waals surface area contributed by atoms with Crippen LogP contribution in [0.1, 0.15) is 64.2 Å². The molecule has 0 spiro atoms. The molecule has 16 heavy (non-hydrogen) atoms. The molecule has 1 fully saturated rings. The molecule has 2 rings (SSSR count). The first-order valence-corrected chi connectivity index (χ1v) is 6.27. The number of nitrogens with zero attached hydrogens (tertiary/aromatic N) is 2. The number of imidazole rings is 1. The van der Waals surface area contributed by atoms with Gasteiger partial charge >= 0.3 is 0 Å². The van der Waals surface area contributed by atoms with Crippen LogP contribution in [-0.4, -0.2) is 9.55 Å². The van der Waals surface area contributed by atoms with Crippen LogP contribution in [0.3, 0.4) is 0 Å². The van der Waals surface area contributed by atoms with E-state index in [-0.39, 0.29) is 6.04 Å². The van der Waals surface area contributed by atoms with E-state index in [1.165, 1.54) is 25.7 Å². The smallest absolute Gasteiger partial charge is 0.0952 e. The number of hydrogen-bond acceptors (Lipinski definition) is 2. The van der Waals surface area contributed by atoms with E-state index in [1.807, 2.05) is 13.3 Å². The minimum Gasteiger partial charge on any atom is -0.334 e. The van der Waals surface area contributed by atoms with Crippen molar-refractivity contribution in [3.63, 3.8) is 0 Å². The lowest BCUT2D eigenvalue weighted by Crippen LogP contribution is -2.22. The average molecular weight is 221 g/mol. The van der Waals surface area contributed by atoms with Gasteiger partial charge in [0.2, 0.25) is 0 Å². The van der Waals surface area contributed by atoms with Crippen LogP contribution in [0.25, 0.3) is 0 Å². The molecule has 1 heterocycles. The summed E-state index contributed by atoms with van der Waals surface area (Å²) in [6.07, 6.45) is 9.21. The van der Waals surface area contributed by atoms with E-state index in [9.17, 15) is 0 Å². The maximum atomic E-state index is 5.82. The molecule has 0 saturated heterocycles. The Kier molecular flexibility index (Phi) is 3.06. The summed E-state index contributed by atoms with van der Waals surface area (Å²) in [7, 11) is 0. The van der Waals surface area contributed by atoms with E-state index in [0.717, 1.165) is 5.69 Å².